The summed E-state index contributed by atoms with van der Waals surface area (Å²) in [5.41, 5.74) is 0. The van der Waals surface area contributed by atoms with E-state index in [2.05, 4.69) is 34.8 Å². The Balaban J connectivity index is 0.000001000. The van der Waals surface area contributed by atoms with Gasteiger partial charge in [0, 0.05) is 0 Å². The summed E-state index contributed by atoms with van der Waals surface area (Å²) in [6.45, 7) is 3.36. The zero-order valence-electron chi connectivity index (χ0n) is 7.33. The van der Waals surface area contributed by atoms with Crippen molar-refractivity contribution in [2.24, 2.45) is 7.05 Å². The van der Waals surface area contributed by atoms with Crippen LogP contribution >= 0.6 is 0 Å². The summed E-state index contributed by atoms with van der Waals surface area (Å²) in [5.74, 6) is 0. The maximum atomic E-state index is 2.21. The Morgan fingerprint density at radius 1 is 1.45 bits per heavy atom. The molecule has 56 valence electrons. The van der Waals surface area contributed by atoms with Crippen LogP contribution in [0.5, 0.6) is 0 Å². The van der Waals surface area contributed by atoms with Crippen molar-refractivity contribution in [2.45, 2.75) is 26.3 Å². The summed E-state index contributed by atoms with van der Waals surface area (Å²) >= 11 is 0. The molecule has 2 nitrogen and oxygen atoms in total. The molecule has 1 aromatic rings. The van der Waals surface area contributed by atoms with E-state index in [0.717, 1.165) is 6.54 Å². The van der Waals surface area contributed by atoms with Gasteiger partial charge in [-0.05, 0) is 6.42 Å². The van der Waals surface area contributed by atoms with E-state index in [4.69, 9.17) is 0 Å². The Morgan fingerprint density at radius 2 is 2.18 bits per heavy atom. The maximum absolute atomic E-state index is 2.21. The number of imidazole rings is 1. The van der Waals surface area contributed by atoms with E-state index in [1.165, 1.54) is 12.8 Å². The van der Waals surface area contributed by atoms with Crippen LogP contribution in [0.2, 0.25) is 0 Å². The Bertz CT molecular complexity index is 196. The molecule has 3 heteroatoms. The molecule has 0 unspecified atom stereocenters. The van der Waals surface area contributed by atoms with Gasteiger partial charge in [0.1, 0.15) is 12.4 Å². The van der Waals surface area contributed by atoms with E-state index >= 15 is 0 Å². The number of hydrogen-bond acceptors (Lipinski definition) is 0. The van der Waals surface area contributed by atoms with Crippen molar-refractivity contribution in [3.8, 4) is 0 Å². The fraction of sp³-hybridized carbons (Fsp3) is 0.625. The van der Waals surface area contributed by atoms with Crippen LogP contribution in [0.3, 0.4) is 0 Å². The fourth-order valence-corrected chi connectivity index (χ4v) is 0.975. The molecule has 0 bridgehead atoms. The molecule has 0 spiro atoms. The maximum Gasteiger partial charge on any atom is 3.00 e. The molecule has 0 aliphatic heterocycles. The molecule has 0 atom stereocenters. The second-order valence-electron chi connectivity index (χ2n) is 2.67. The van der Waals surface area contributed by atoms with Crippen molar-refractivity contribution in [1.82, 2.24) is 4.57 Å². The minimum atomic E-state index is 0. The van der Waals surface area contributed by atoms with Crippen molar-refractivity contribution in [2.75, 3.05) is 0 Å². The van der Waals surface area contributed by atoms with Crippen molar-refractivity contribution in [3.63, 3.8) is 0 Å². The van der Waals surface area contributed by atoms with E-state index in [1.54, 1.807) is 0 Å². The first-order valence-electron chi connectivity index (χ1n) is 3.84. The predicted octanol–water partition coefficient (Wildman–Crippen LogP) is 0.732. The van der Waals surface area contributed by atoms with Crippen LogP contribution in [0.25, 0.3) is 0 Å². The van der Waals surface area contributed by atoms with Gasteiger partial charge in [-0.15, -0.1) is 0 Å². The second-order valence-corrected chi connectivity index (χ2v) is 2.67. The number of unbranched alkanes of at least 4 members (excludes halogenated alkanes) is 1. The van der Waals surface area contributed by atoms with Crippen molar-refractivity contribution in [3.05, 3.63) is 18.7 Å². The first-order valence-corrected chi connectivity index (χ1v) is 3.84. The first kappa shape index (κ1) is 10.7. The summed E-state index contributed by atoms with van der Waals surface area (Å²) in [4.78, 5) is 0. The van der Waals surface area contributed by atoms with Gasteiger partial charge in [-0.3, -0.25) is 0 Å². The molecule has 0 radical (unpaired) electrons. The molecular weight excluding hydrogens is 151 g/mol. The molecule has 0 fully saturated rings. The van der Waals surface area contributed by atoms with Crippen LogP contribution in [0, 0.1) is 0 Å². The SMILES string of the molecule is CCCCn1cc[n+](C)c1.[Al+3]. The molecule has 0 amide bonds. The molecule has 0 saturated carbocycles. The number of aryl methyl sites for hydroxylation is 2. The van der Waals surface area contributed by atoms with Gasteiger partial charge in [-0.25, -0.2) is 9.13 Å². The predicted molar refractivity (Wildman–Crippen MR) is 46.3 cm³/mol. The third kappa shape index (κ3) is 3.60. The van der Waals surface area contributed by atoms with Gasteiger partial charge in [0.05, 0.1) is 13.6 Å². The average Bonchev–Trinajstić information content (AvgIpc) is 2.31. The van der Waals surface area contributed by atoms with E-state index in [9.17, 15) is 0 Å². The third-order valence-electron chi connectivity index (χ3n) is 1.59. The van der Waals surface area contributed by atoms with Gasteiger partial charge in [0.25, 0.3) is 0 Å². The molecule has 0 saturated heterocycles. The van der Waals surface area contributed by atoms with Crippen LogP contribution in [0.1, 0.15) is 19.8 Å². The van der Waals surface area contributed by atoms with Crippen LogP contribution in [0.4, 0.5) is 0 Å². The Hall–Kier alpha value is -0.258. The summed E-state index contributed by atoms with van der Waals surface area (Å²) in [6.07, 6.45) is 8.82. The number of rotatable bonds is 3. The molecule has 0 aliphatic rings. The van der Waals surface area contributed by atoms with Gasteiger partial charge in [0.15, 0.2) is 0 Å². The average molecular weight is 166 g/mol. The van der Waals surface area contributed by atoms with Gasteiger partial charge >= 0.3 is 17.4 Å². The molecule has 0 aromatic carbocycles. The van der Waals surface area contributed by atoms with Gasteiger partial charge in [-0.1, -0.05) is 13.3 Å². The number of nitrogens with zero attached hydrogens (tertiary/aromatic N) is 2. The Morgan fingerprint density at radius 3 is 2.64 bits per heavy atom. The number of aromatic nitrogens is 2. The molecular formula is C8H15AlN2+4. The standard InChI is InChI=1S/C8H15N2.Al/c1-3-4-5-10-7-6-9(2)8-10;/h6-8H,3-5H2,1-2H3;/q+1;+3. The van der Waals surface area contributed by atoms with Crippen LogP contribution in [-0.2, 0) is 13.6 Å². The topological polar surface area (TPSA) is 8.81 Å². The normalized spacial score (nSPS) is 9.27. The summed E-state index contributed by atoms with van der Waals surface area (Å²) in [7, 11) is 2.04. The summed E-state index contributed by atoms with van der Waals surface area (Å²) < 4.78 is 4.28. The van der Waals surface area contributed by atoms with E-state index in [-0.39, 0.29) is 17.4 Å². The van der Waals surface area contributed by atoms with Crippen molar-refractivity contribution >= 4 is 17.4 Å². The van der Waals surface area contributed by atoms with Crippen LogP contribution in [-0.4, -0.2) is 21.9 Å². The van der Waals surface area contributed by atoms with Gasteiger partial charge in [-0.2, -0.15) is 0 Å². The molecule has 0 N–H and O–H groups in total. The second kappa shape index (κ2) is 5.40. The third-order valence-corrected chi connectivity index (χ3v) is 1.59. The monoisotopic (exact) mass is 166 g/mol. The van der Waals surface area contributed by atoms with Gasteiger partial charge < -0.3 is 0 Å². The van der Waals surface area contributed by atoms with E-state index in [1.807, 2.05) is 7.05 Å². The van der Waals surface area contributed by atoms with Crippen LogP contribution < -0.4 is 4.57 Å². The van der Waals surface area contributed by atoms with Crippen molar-refractivity contribution < 1.29 is 4.57 Å². The quantitative estimate of drug-likeness (QED) is 0.462. The molecule has 11 heavy (non-hydrogen) atoms. The summed E-state index contributed by atoms with van der Waals surface area (Å²) in [5, 5.41) is 0. The smallest absolute Gasteiger partial charge is 0.240 e. The van der Waals surface area contributed by atoms with E-state index in [0.29, 0.717) is 0 Å². The largest absolute Gasteiger partial charge is 3.00 e. The minimum Gasteiger partial charge on any atom is -0.240 e. The first-order chi connectivity index (χ1) is 4.83. The van der Waals surface area contributed by atoms with E-state index < -0.39 is 0 Å². The molecule has 0 aliphatic carbocycles. The Kier molecular flexibility index (Phi) is 5.27. The summed E-state index contributed by atoms with van der Waals surface area (Å²) in [6, 6.07) is 0. The Labute approximate surface area is 79.0 Å². The van der Waals surface area contributed by atoms with Crippen molar-refractivity contribution in [1.29, 1.82) is 0 Å². The molecule has 1 aromatic heterocycles. The zero-order valence-corrected chi connectivity index (χ0v) is 8.48. The zero-order chi connectivity index (χ0) is 7.40. The molecule has 1 rings (SSSR count). The minimum absolute atomic E-state index is 0. The molecule has 1 heterocycles. The van der Waals surface area contributed by atoms with Gasteiger partial charge in [0.2, 0.25) is 6.33 Å². The van der Waals surface area contributed by atoms with Crippen LogP contribution in [0.15, 0.2) is 18.7 Å². The number of hydrogen-bond donors (Lipinski definition) is 0. The fourth-order valence-electron chi connectivity index (χ4n) is 0.975.